The summed E-state index contributed by atoms with van der Waals surface area (Å²) < 4.78 is 0. The Morgan fingerprint density at radius 2 is 2.25 bits per heavy atom. The number of H-pyrrole nitrogens is 1. The Labute approximate surface area is 71.4 Å². The van der Waals surface area contributed by atoms with Crippen molar-refractivity contribution in [1.29, 1.82) is 0 Å². The number of hydrogen-bond acceptors (Lipinski definition) is 1. The summed E-state index contributed by atoms with van der Waals surface area (Å²) in [4.78, 5) is 3.11. The summed E-state index contributed by atoms with van der Waals surface area (Å²) >= 11 is 0. The molecule has 0 radical (unpaired) electrons. The number of aromatic amines is 1. The number of fused-ring (bicyclic) bond motifs is 1. The van der Waals surface area contributed by atoms with Gasteiger partial charge in [0.25, 0.3) is 0 Å². The molecular weight excluding hydrogens is 148 g/mol. The van der Waals surface area contributed by atoms with Gasteiger partial charge >= 0.3 is 0 Å². The summed E-state index contributed by atoms with van der Waals surface area (Å²) in [6.45, 7) is 2.14. The molecule has 0 unspecified atom stereocenters. The Bertz CT molecular complexity index is 401. The van der Waals surface area contributed by atoms with E-state index >= 15 is 0 Å². The van der Waals surface area contributed by atoms with Gasteiger partial charge in [-0.15, -0.1) is 0 Å². The fourth-order valence-electron chi connectivity index (χ4n) is 1.41. The van der Waals surface area contributed by atoms with Crippen molar-refractivity contribution in [3.8, 4) is 0 Å². The van der Waals surface area contributed by atoms with Crippen LogP contribution in [0.5, 0.6) is 0 Å². The fourth-order valence-corrected chi connectivity index (χ4v) is 1.41. The smallest absolute Gasteiger partial charge is 0.0571 e. The van der Waals surface area contributed by atoms with Gasteiger partial charge in [-0.1, -0.05) is 13.0 Å². The van der Waals surface area contributed by atoms with Gasteiger partial charge in [0.05, 0.1) is 5.69 Å². The van der Waals surface area contributed by atoms with E-state index in [1.807, 2.05) is 6.20 Å². The van der Waals surface area contributed by atoms with Crippen LogP contribution in [0.25, 0.3) is 10.9 Å². The molecule has 2 rings (SSSR count). The molecule has 1 aromatic heterocycles. The van der Waals surface area contributed by atoms with Crippen LogP contribution in [-0.2, 0) is 6.42 Å². The number of hydrogen-bond donors (Lipinski definition) is 2. The number of rotatable bonds is 1. The maximum absolute atomic E-state index is 5.77. The van der Waals surface area contributed by atoms with Crippen molar-refractivity contribution in [2.24, 2.45) is 0 Å². The first-order valence-corrected chi connectivity index (χ1v) is 4.16. The number of nitrogens with two attached hydrogens (primary N) is 1. The molecule has 0 saturated heterocycles. The van der Waals surface area contributed by atoms with E-state index in [0.29, 0.717) is 0 Å². The van der Waals surface area contributed by atoms with E-state index in [-0.39, 0.29) is 0 Å². The van der Waals surface area contributed by atoms with Gasteiger partial charge in [-0.25, -0.2) is 0 Å². The number of nitrogen functional groups attached to an aromatic ring is 1. The standard InChI is InChI=1S/C10H12N2/c1-2-7-3-4-10-8(5-7)9(11)6-12-10/h3-6,12H,2,11H2,1H3. The topological polar surface area (TPSA) is 41.8 Å². The summed E-state index contributed by atoms with van der Waals surface area (Å²) in [5.74, 6) is 0. The van der Waals surface area contributed by atoms with Gasteiger partial charge in [-0.05, 0) is 24.1 Å². The van der Waals surface area contributed by atoms with Crippen LogP contribution in [-0.4, -0.2) is 4.98 Å². The van der Waals surface area contributed by atoms with E-state index < -0.39 is 0 Å². The summed E-state index contributed by atoms with van der Waals surface area (Å²) in [5, 5.41) is 1.13. The fraction of sp³-hybridized carbons (Fsp3) is 0.200. The average Bonchev–Trinajstić information content (AvgIpc) is 2.47. The predicted molar refractivity (Wildman–Crippen MR) is 52.1 cm³/mol. The lowest BCUT2D eigenvalue weighted by Crippen LogP contribution is -1.82. The molecule has 0 amide bonds. The van der Waals surface area contributed by atoms with Crippen LogP contribution in [0.2, 0.25) is 0 Å². The Morgan fingerprint density at radius 3 is 3.00 bits per heavy atom. The summed E-state index contributed by atoms with van der Waals surface area (Å²) in [7, 11) is 0. The zero-order valence-electron chi connectivity index (χ0n) is 7.09. The molecule has 0 atom stereocenters. The number of benzene rings is 1. The molecule has 2 heteroatoms. The van der Waals surface area contributed by atoms with Gasteiger partial charge in [-0.3, -0.25) is 0 Å². The minimum absolute atomic E-state index is 0.834. The molecule has 1 aromatic carbocycles. The van der Waals surface area contributed by atoms with Crippen LogP contribution in [0, 0.1) is 0 Å². The van der Waals surface area contributed by atoms with Crippen molar-refractivity contribution in [2.45, 2.75) is 13.3 Å². The van der Waals surface area contributed by atoms with E-state index in [9.17, 15) is 0 Å². The largest absolute Gasteiger partial charge is 0.397 e. The summed E-state index contributed by atoms with van der Waals surface area (Å²) in [6, 6.07) is 6.34. The molecule has 0 aliphatic carbocycles. The number of nitrogens with one attached hydrogen (secondary N) is 1. The van der Waals surface area contributed by atoms with Gasteiger partial charge in [0.2, 0.25) is 0 Å². The quantitative estimate of drug-likeness (QED) is 0.660. The zero-order chi connectivity index (χ0) is 8.55. The van der Waals surface area contributed by atoms with E-state index in [1.165, 1.54) is 5.56 Å². The Balaban J connectivity index is 2.71. The van der Waals surface area contributed by atoms with Crippen LogP contribution in [0.3, 0.4) is 0 Å². The molecule has 0 saturated carbocycles. The maximum atomic E-state index is 5.77. The van der Waals surface area contributed by atoms with Crippen LogP contribution in [0.4, 0.5) is 5.69 Å². The highest BCUT2D eigenvalue weighted by Gasteiger charge is 1.99. The molecule has 2 nitrogen and oxygen atoms in total. The van der Waals surface area contributed by atoms with Crippen molar-refractivity contribution in [2.75, 3.05) is 5.73 Å². The Kier molecular flexibility index (Phi) is 1.54. The monoisotopic (exact) mass is 160 g/mol. The van der Waals surface area contributed by atoms with Crippen molar-refractivity contribution in [3.63, 3.8) is 0 Å². The number of aromatic nitrogens is 1. The lowest BCUT2D eigenvalue weighted by molar-refractivity contribution is 1.15. The highest BCUT2D eigenvalue weighted by Crippen LogP contribution is 2.21. The molecule has 0 bridgehead atoms. The van der Waals surface area contributed by atoms with E-state index in [2.05, 4.69) is 30.1 Å². The number of anilines is 1. The third-order valence-corrected chi connectivity index (χ3v) is 2.19. The molecule has 62 valence electrons. The Morgan fingerprint density at radius 1 is 1.42 bits per heavy atom. The maximum Gasteiger partial charge on any atom is 0.0571 e. The molecule has 0 aliphatic rings. The van der Waals surface area contributed by atoms with Gasteiger partial charge in [-0.2, -0.15) is 0 Å². The molecular formula is C10H12N2. The molecule has 3 N–H and O–H groups in total. The molecule has 0 spiro atoms. The van der Waals surface area contributed by atoms with E-state index in [1.54, 1.807) is 0 Å². The minimum atomic E-state index is 0.834. The first kappa shape index (κ1) is 7.22. The third kappa shape index (κ3) is 0.961. The lowest BCUT2D eigenvalue weighted by atomic mass is 10.1. The van der Waals surface area contributed by atoms with Gasteiger partial charge in [0.1, 0.15) is 0 Å². The zero-order valence-corrected chi connectivity index (χ0v) is 7.09. The van der Waals surface area contributed by atoms with E-state index in [4.69, 9.17) is 5.73 Å². The first-order chi connectivity index (χ1) is 5.81. The SMILES string of the molecule is CCc1ccc2[nH]cc(N)c2c1. The highest BCUT2D eigenvalue weighted by molar-refractivity contribution is 5.91. The van der Waals surface area contributed by atoms with Crippen LogP contribution < -0.4 is 5.73 Å². The molecule has 0 fully saturated rings. The highest BCUT2D eigenvalue weighted by atomic mass is 14.7. The minimum Gasteiger partial charge on any atom is -0.397 e. The molecule has 1 heterocycles. The van der Waals surface area contributed by atoms with E-state index in [0.717, 1.165) is 23.0 Å². The van der Waals surface area contributed by atoms with Crippen molar-refractivity contribution >= 4 is 16.6 Å². The second-order valence-electron chi connectivity index (χ2n) is 2.98. The lowest BCUT2D eigenvalue weighted by Gasteiger charge is -1.96. The van der Waals surface area contributed by atoms with Crippen molar-refractivity contribution in [1.82, 2.24) is 4.98 Å². The van der Waals surface area contributed by atoms with Crippen LogP contribution >= 0.6 is 0 Å². The normalized spacial score (nSPS) is 10.8. The van der Waals surface area contributed by atoms with Gasteiger partial charge in [0, 0.05) is 17.1 Å². The molecule has 2 aromatic rings. The Hall–Kier alpha value is -1.44. The average molecular weight is 160 g/mol. The van der Waals surface area contributed by atoms with Gasteiger partial charge in [0.15, 0.2) is 0 Å². The van der Waals surface area contributed by atoms with Crippen molar-refractivity contribution < 1.29 is 0 Å². The second kappa shape index (κ2) is 2.55. The first-order valence-electron chi connectivity index (χ1n) is 4.16. The van der Waals surface area contributed by atoms with Gasteiger partial charge < -0.3 is 10.7 Å². The second-order valence-corrected chi connectivity index (χ2v) is 2.98. The predicted octanol–water partition coefficient (Wildman–Crippen LogP) is 2.31. The summed E-state index contributed by atoms with van der Waals surface area (Å²) in [5.41, 5.74) is 9.05. The van der Waals surface area contributed by atoms with Crippen LogP contribution in [0.1, 0.15) is 12.5 Å². The van der Waals surface area contributed by atoms with Crippen molar-refractivity contribution in [3.05, 3.63) is 30.0 Å². The summed E-state index contributed by atoms with van der Waals surface area (Å²) in [6.07, 6.45) is 2.89. The number of aryl methyl sites for hydroxylation is 1. The third-order valence-electron chi connectivity index (χ3n) is 2.19. The molecule has 12 heavy (non-hydrogen) atoms. The van der Waals surface area contributed by atoms with Crippen LogP contribution in [0.15, 0.2) is 24.4 Å². The molecule has 0 aliphatic heterocycles.